The van der Waals surface area contributed by atoms with Crippen molar-refractivity contribution in [3.8, 4) is 0 Å². The van der Waals surface area contributed by atoms with Gasteiger partial charge in [0.2, 0.25) is 5.03 Å². The van der Waals surface area contributed by atoms with E-state index in [1.807, 2.05) is 0 Å². The number of sulfonamides is 1. The van der Waals surface area contributed by atoms with Gasteiger partial charge >= 0.3 is 0 Å². The van der Waals surface area contributed by atoms with Crippen LogP contribution in [0.1, 0.15) is 13.3 Å². The van der Waals surface area contributed by atoms with Crippen LogP contribution in [0.15, 0.2) is 23.4 Å². The molecule has 0 spiro atoms. The standard InChI is InChI=1S/C9H13FN2O3S/c1-7(13)4-6-12-16(14,15)9-8(10)3-2-5-11-9/h2-3,5,7,12-13H,4,6H2,1H3. The van der Waals surface area contributed by atoms with Crippen molar-refractivity contribution < 1.29 is 17.9 Å². The lowest BCUT2D eigenvalue weighted by Gasteiger charge is -2.07. The van der Waals surface area contributed by atoms with E-state index in [1.54, 1.807) is 0 Å². The van der Waals surface area contributed by atoms with E-state index in [9.17, 15) is 12.8 Å². The van der Waals surface area contributed by atoms with Crippen molar-refractivity contribution >= 4 is 10.0 Å². The van der Waals surface area contributed by atoms with Gasteiger partial charge in [0, 0.05) is 12.7 Å². The maximum atomic E-state index is 13.1. The van der Waals surface area contributed by atoms with E-state index < -0.39 is 27.0 Å². The molecule has 1 aromatic heterocycles. The van der Waals surface area contributed by atoms with E-state index in [1.165, 1.54) is 19.2 Å². The highest BCUT2D eigenvalue weighted by atomic mass is 32.2. The van der Waals surface area contributed by atoms with Crippen molar-refractivity contribution in [2.45, 2.75) is 24.5 Å². The minimum Gasteiger partial charge on any atom is -0.393 e. The Labute approximate surface area is 93.4 Å². The fraction of sp³-hybridized carbons (Fsp3) is 0.444. The molecule has 1 heterocycles. The maximum absolute atomic E-state index is 13.1. The Morgan fingerprint density at radius 3 is 2.88 bits per heavy atom. The van der Waals surface area contributed by atoms with Gasteiger partial charge in [-0.05, 0) is 25.5 Å². The highest BCUT2D eigenvalue weighted by Gasteiger charge is 2.19. The van der Waals surface area contributed by atoms with Gasteiger partial charge in [-0.1, -0.05) is 0 Å². The molecule has 1 rings (SSSR count). The number of hydrogen-bond donors (Lipinski definition) is 2. The Bertz CT molecular complexity index is 448. The minimum atomic E-state index is -3.93. The first-order valence-electron chi connectivity index (χ1n) is 4.72. The minimum absolute atomic E-state index is 0.0377. The van der Waals surface area contributed by atoms with Crippen LogP contribution in [-0.4, -0.2) is 31.2 Å². The first-order valence-corrected chi connectivity index (χ1v) is 6.20. The van der Waals surface area contributed by atoms with E-state index >= 15 is 0 Å². The normalized spacial score (nSPS) is 13.7. The number of aromatic nitrogens is 1. The van der Waals surface area contributed by atoms with E-state index in [0.29, 0.717) is 0 Å². The predicted molar refractivity (Wildman–Crippen MR) is 55.7 cm³/mol. The summed E-state index contributed by atoms with van der Waals surface area (Å²) in [6.07, 6.45) is 0.844. The van der Waals surface area contributed by atoms with Crippen LogP contribution in [0.3, 0.4) is 0 Å². The molecule has 0 bridgehead atoms. The van der Waals surface area contributed by atoms with Gasteiger partial charge in [-0.2, -0.15) is 0 Å². The second-order valence-corrected chi connectivity index (χ2v) is 5.01. The molecule has 1 aromatic rings. The number of rotatable bonds is 5. The Hall–Kier alpha value is -1.05. The highest BCUT2D eigenvalue weighted by molar-refractivity contribution is 7.89. The van der Waals surface area contributed by atoms with Gasteiger partial charge in [0.05, 0.1) is 6.10 Å². The molecule has 0 aliphatic heterocycles. The van der Waals surface area contributed by atoms with Gasteiger partial charge in [0.15, 0.2) is 5.82 Å². The molecule has 0 saturated carbocycles. The monoisotopic (exact) mass is 248 g/mol. The lowest BCUT2D eigenvalue weighted by molar-refractivity contribution is 0.186. The first-order chi connectivity index (χ1) is 7.43. The van der Waals surface area contributed by atoms with E-state index in [2.05, 4.69) is 9.71 Å². The van der Waals surface area contributed by atoms with Crippen molar-refractivity contribution in [3.63, 3.8) is 0 Å². The zero-order chi connectivity index (χ0) is 12.2. The third kappa shape index (κ3) is 3.51. The number of aliphatic hydroxyl groups excluding tert-OH is 1. The van der Waals surface area contributed by atoms with E-state index in [4.69, 9.17) is 5.11 Å². The SMILES string of the molecule is CC(O)CCNS(=O)(=O)c1ncccc1F. The number of pyridine rings is 1. The third-order valence-corrected chi connectivity index (χ3v) is 3.23. The molecular formula is C9H13FN2O3S. The summed E-state index contributed by atoms with van der Waals surface area (Å²) in [4.78, 5) is 3.46. The molecule has 1 atom stereocenters. The van der Waals surface area contributed by atoms with Gasteiger partial charge in [-0.15, -0.1) is 0 Å². The lowest BCUT2D eigenvalue weighted by atomic mass is 10.3. The largest absolute Gasteiger partial charge is 0.393 e. The quantitative estimate of drug-likeness (QED) is 0.784. The molecule has 2 N–H and O–H groups in total. The Morgan fingerprint density at radius 2 is 2.31 bits per heavy atom. The molecule has 5 nitrogen and oxygen atoms in total. The van der Waals surface area contributed by atoms with Crippen molar-refractivity contribution in [3.05, 3.63) is 24.1 Å². The topological polar surface area (TPSA) is 79.3 Å². The number of aliphatic hydroxyl groups is 1. The summed E-state index contributed by atoms with van der Waals surface area (Å²) in [7, 11) is -3.93. The highest BCUT2D eigenvalue weighted by Crippen LogP contribution is 2.09. The van der Waals surface area contributed by atoms with E-state index in [0.717, 1.165) is 6.07 Å². The van der Waals surface area contributed by atoms with Crippen molar-refractivity contribution in [2.24, 2.45) is 0 Å². The van der Waals surface area contributed by atoms with Gasteiger partial charge < -0.3 is 5.11 Å². The predicted octanol–water partition coefficient (Wildman–Crippen LogP) is 0.270. The molecule has 0 aliphatic carbocycles. The molecule has 0 amide bonds. The second kappa shape index (κ2) is 5.33. The molecule has 0 saturated heterocycles. The summed E-state index contributed by atoms with van der Waals surface area (Å²) in [5, 5.41) is 8.33. The van der Waals surface area contributed by atoms with Crippen LogP contribution < -0.4 is 4.72 Å². The number of hydrogen-bond acceptors (Lipinski definition) is 4. The fourth-order valence-corrected chi connectivity index (χ4v) is 2.09. The second-order valence-electron chi connectivity index (χ2n) is 3.33. The zero-order valence-corrected chi connectivity index (χ0v) is 9.54. The fourth-order valence-electron chi connectivity index (χ4n) is 1.04. The number of halogens is 1. The molecule has 0 aliphatic rings. The number of nitrogens with one attached hydrogen (secondary N) is 1. The smallest absolute Gasteiger partial charge is 0.261 e. The van der Waals surface area contributed by atoms with Gasteiger partial charge in [-0.25, -0.2) is 22.5 Å². The Morgan fingerprint density at radius 1 is 1.62 bits per heavy atom. The zero-order valence-electron chi connectivity index (χ0n) is 8.72. The summed E-state index contributed by atoms with van der Waals surface area (Å²) in [6, 6.07) is 2.33. The van der Waals surface area contributed by atoms with Crippen LogP contribution in [0.25, 0.3) is 0 Å². The van der Waals surface area contributed by atoms with Crippen LogP contribution in [0.4, 0.5) is 4.39 Å². The lowest BCUT2D eigenvalue weighted by Crippen LogP contribution is -2.28. The van der Waals surface area contributed by atoms with Crippen LogP contribution in [0, 0.1) is 5.82 Å². The molecule has 0 aromatic carbocycles. The summed E-state index contributed by atoms with van der Waals surface area (Å²) < 4.78 is 38.4. The first kappa shape index (κ1) is 13.0. The summed E-state index contributed by atoms with van der Waals surface area (Å²) in [5.74, 6) is -0.896. The molecule has 7 heteroatoms. The molecule has 1 unspecified atom stereocenters. The van der Waals surface area contributed by atoms with Crippen molar-refractivity contribution in [1.82, 2.24) is 9.71 Å². The average Bonchev–Trinajstić information content (AvgIpc) is 2.17. The molecular weight excluding hydrogens is 235 g/mol. The summed E-state index contributed by atoms with van der Waals surface area (Å²) in [5.41, 5.74) is 0. The molecule has 90 valence electrons. The maximum Gasteiger partial charge on any atom is 0.261 e. The molecule has 0 radical (unpaired) electrons. The third-order valence-electron chi connectivity index (χ3n) is 1.83. The van der Waals surface area contributed by atoms with Crippen LogP contribution in [-0.2, 0) is 10.0 Å². The average molecular weight is 248 g/mol. The summed E-state index contributed by atoms with van der Waals surface area (Å²) in [6.45, 7) is 1.58. The van der Waals surface area contributed by atoms with Crippen LogP contribution in [0.2, 0.25) is 0 Å². The summed E-state index contributed by atoms with van der Waals surface area (Å²) >= 11 is 0. The van der Waals surface area contributed by atoms with Gasteiger partial charge in [0.25, 0.3) is 10.0 Å². The number of nitrogens with zero attached hydrogens (tertiary/aromatic N) is 1. The van der Waals surface area contributed by atoms with Gasteiger partial charge in [0.1, 0.15) is 0 Å². The Kier molecular flexibility index (Phi) is 4.34. The van der Waals surface area contributed by atoms with Crippen LogP contribution in [0.5, 0.6) is 0 Å². The van der Waals surface area contributed by atoms with Gasteiger partial charge in [-0.3, -0.25) is 0 Å². The van der Waals surface area contributed by atoms with Crippen LogP contribution >= 0.6 is 0 Å². The van der Waals surface area contributed by atoms with E-state index in [-0.39, 0.29) is 13.0 Å². The molecule has 16 heavy (non-hydrogen) atoms. The van der Waals surface area contributed by atoms with Crippen molar-refractivity contribution in [2.75, 3.05) is 6.54 Å². The Balaban J connectivity index is 2.75. The molecule has 0 fully saturated rings. The van der Waals surface area contributed by atoms with Crippen molar-refractivity contribution in [1.29, 1.82) is 0 Å².